The number of hydrogen-bond donors (Lipinski definition) is 5. The maximum absolute atomic E-state index is 13.2. The fraction of sp³-hybridized carbons (Fsp3) is 0.421. The third-order valence-electron chi connectivity index (χ3n) is 8.05. The molecule has 2 aromatic carbocycles. The molecule has 0 spiro atoms. The Kier molecular flexibility index (Phi) is 16.4. The Morgan fingerprint density at radius 3 is 2.02 bits per heavy atom. The third-order valence-corrected chi connectivity index (χ3v) is 8.05. The van der Waals surface area contributed by atoms with Gasteiger partial charge in [0, 0.05) is 49.5 Å². The van der Waals surface area contributed by atoms with E-state index in [1.54, 1.807) is 58.9 Å². The summed E-state index contributed by atoms with van der Waals surface area (Å²) in [5, 5.41) is 23.6. The number of nitrogens with zero attached hydrogens (tertiary/aromatic N) is 2. The van der Waals surface area contributed by atoms with Crippen molar-refractivity contribution in [3.05, 3.63) is 76.4 Å². The Hall–Kier alpha value is -6.86. The highest BCUT2D eigenvalue weighted by atomic mass is 16.7. The smallest absolute Gasteiger partial charge is 0.444 e. The van der Waals surface area contributed by atoms with Gasteiger partial charge >= 0.3 is 12.2 Å². The van der Waals surface area contributed by atoms with Crippen LogP contribution in [0.3, 0.4) is 0 Å². The predicted octanol–water partition coefficient (Wildman–Crippen LogP) is 2.61. The zero-order chi connectivity index (χ0) is 43.2. The van der Waals surface area contributed by atoms with Gasteiger partial charge < -0.3 is 40.8 Å². The van der Waals surface area contributed by atoms with E-state index in [4.69, 9.17) is 14.2 Å². The molecule has 7 amide bonds. The zero-order valence-corrected chi connectivity index (χ0v) is 32.8. The van der Waals surface area contributed by atoms with Crippen molar-refractivity contribution in [3.63, 3.8) is 0 Å². The lowest BCUT2D eigenvalue weighted by Gasteiger charge is -2.25. The highest BCUT2D eigenvalue weighted by molar-refractivity contribution is 6.12. The minimum Gasteiger partial charge on any atom is -0.444 e. The van der Waals surface area contributed by atoms with E-state index < -0.39 is 82.3 Å². The number of carbonyl (C=O) groups is 8. The first-order valence-corrected chi connectivity index (χ1v) is 18.1. The average molecular weight is 810 g/mol. The van der Waals surface area contributed by atoms with Gasteiger partial charge in [0.05, 0.1) is 4.92 Å². The number of hydrogen-bond acceptors (Lipinski definition) is 13. The van der Waals surface area contributed by atoms with Crippen molar-refractivity contribution in [1.82, 2.24) is 26.2 Å². The Bertz CT molecular complexity index is 1870. The first-order valence-electron chi connectivity index (χ1n) is 18.1. The Labute approximate surface area is 333 Å². The number of carbonyl (C=O) groups excluding carboxylic acids is 8. The fourth-order valence-electron chi connectivity index (χ4n) is 5.05. The summed E-state index contributed by atoms with van der Waals surface area (Å²) in [6.07, 6.45) is -0.252. The van der Waals surface area contributed by atoms with E-state index in [2.05, 4.69) is 26.6 Å². The molecule has 1 aliphatic heterocycles. The summed E-state index contributed by atoms with van der Waals surface area (Å²) in [5.74, 6) is -3.98. The Balaban J connectivity index is 1.49. The van der Waals surface area contributed by atoms with Crippen molar-refractivity contribution in [2.24, 2.45) is 5.92 Å². The van der Waals surface area contributed by atoms with E-state index in [0.717, 1.165) is 17.1 Å². The number of alkyl carbamates (subject to hydrolysis) is 1. The molecule has 0 unspecified atom stereocenters. The van der Waals surface area contributed by atoms with Crippen LogP contribution in [0.15, 0.2) is 60.7 Å². The second kappa shape index (κ2) is 20.9. The van der Waals surface area contributed by atoms with Crippen molar-refractivity contribution >= 4 is 59.1 Å². The molecule has 20 nitrogen and oxygen atoms in total. The van der Waals surface area contributed by atoms with Crippen molar-refractivity contribution in [3.8, 4) is 5.75 Å². The van der Waals surface area contributed by atoms with Crippen LogP contribution in [-0.2, 0) is 44.8 Å². The van der Waals surface area contributed by atoms with Gasteiger partial charge in [-0.25, -0.2) is 9.59 Å². The van der Waals surface area contributed by atoms with Gasteiger partial charge in [-0.2, -0.15) is 0 Å². The van der Waals surface area contributed by atoms with Crippen LogP contribution in [0.2, 0.25) is 0 Å². The third kappa shape index (κ3) is 15.0. The molecule has 1 aliphatic rings. The summed E-state index contributed by atoms with van der Waals surface area (Å²) in [5.41, 5.74) is -0.141. The highest BCUT2D eigenvalue weighted by Gasteiger charge is 2.30. The van der Waals surface area contributed by atoms with Crippen LogP contribution in [0.25, 0.3) is 0 Å². The number of anilines is 1. The highest BCUT2D eigenvalue weighted by Crippen LogP contribution is 2.18. The molecule has 3 atom stereocenters. The minimum atomic E-state index is -1.26. The summed E-state index contributed by atoms with van der Waals surface area (Å²) in [6.45, 7) is 9.28. The number of rotatable bonds is 18. The SMILES string of the molecule is CC(C)[C@H](NC(=O)CC[C@H](NC(=O)OC(C)(C)C)C(=O)NCCN1C(=O)C=CC1=O)C(=O)N[C@@H](C)C(=O)Nc1ccc(COC(=O)Oc2ccc([N+](=O)[O-])cc2)cc1. The number of nitrogens with one attached hydrogen (secondary N) is 5. The van der Waals surface area contributed by atoms with Crippen molar-refractivity contribution in [2.75, 3.05) is 18.4 Å². The van der Waals surface area contributed by atoms with E-state index in [1.165, 1.54) is 31.2 Å². The molecule has 58 heavy (non-hydrogen) atoms. The van der Waals surface area contributed by atoms with Gasteiger partial charge in [-0.15, -0.1) is 0 Å². The Morgan fingerprint density at radius 1 is 0.828 bits per heavy atom. The predicted molar refractivity (Wildman–Crippen MR) is 205 cm³/mol. The zero-order valence-electron chi connectivity index (χ0n) is 32.8. The molecule has 0 saturated carbocycles. The van der Waals surface area contributed by atoms with Gasteiger partial charge in [-0.3, -0.25) is 43.8 Å². The normalized spacial score (nSPS) is 13.8. The van der Waals surface area contributed by atoms with Gasteiger partial charge in [0.15, 0.2) is 0 Å². The van der Waals surface area contributed by atoms with Crippen molar-refractivity contribution in [1.29, 1.82) is 0 Å². The standard InChI is InChI=1S/C38H47N7O13/c1-22(2)32(43-29(46)16-15-28(42-36(52)58-38(4,5)6)34(50)39-19-20-44-30(47)17-18-31(44)48)35(51)40-23(3)33(49)41-25-9-7-24(8-10-25)21-56-37(53)57-27-13-11-26(12-14-27)45(54)55/h7-14,17-18,22-23,28,32H,15-16,19-21H2,1-6H3,(H,39,50)(H,40,51)(H,41,49)(H,42,52)(H,43,46)/t23-,28-,32-/m0/s1. The quantitative estimate of drug-likeness (QED) is 0.0477. The molecule has 0 aromatic heterocycles. The lowest BCUT2D eigenvalue weighted by molar-refractivity contribution is -0.384. The van der Waals surface area contributed by atoms with Crippen molar-refractivity contribution in [2.45, 2.75) is 84.7 Å². The van der Waals surface area contributed by atoms with E-state index in [9.17, 15) is 48.5 Å². The molecule has 0 saturated heterocycles. The number of amides is 7. The van der Waals surface area contributed by atoms with E-state index >= 15 is 0 Å². The summed E-state index contributed by atoms with van der Waals surface area (Å²) < 4.78 is 15.3. The molecule has 312 valence electrons. The van der Waals surface area contributed by atoms with Gasteiger partial charge in [-0.1, -0.05) is 26.0 Å². The van der Waals surface area contributed by atoms with Crippen molar-refractivity contribution < 1.29 is 57.5 Å². The number of nitro benzene ring substituents is 1. The summed E-state index contributed by atoms with van der Waals surface area (Å²) >= 11 is 0. The first kappa shape index (κ1) is 45.5. The topological polar surface area (TPSA) is 271 Å². The van der Waals surface area contributed by atoms with Gasteiger partial charge in [0.1, 0.15) is 36.1 Å². The van der Waals surface area contributed by atoms with E-state index in [1.807, 2.05) is 0 Å². The van der Waals surface area contributed by atoms with Gasteiger partial charge in [0.2, 0.25) is 23.6 Å². The van der Waals surface area contributed by atoms with Crippen LogP contribution in [0.4, 0.5) is 21.0 Å². The maximum atomic E-state index is 13.2. The van der Waals surface area contributed by atoms with E-state index in [0.29, 0.717) is 11.3 Å². The molecular formula is C38H47N7O13. The van der Waals surface area contributed by atoms with Crippen LogP contribution >= 0.6 is 0 Å². The number of nitro groups is 1. The number of imide groups is 1. The molecule has 0 bridgehead atoms. The molecule has 0 aliphatic carbocycles. The molecule has 2 aromatic rings. The maximum Gasteiger partial charge on any atom is 0.514 e. The average Bonchev–Trinajstić information content (AvgIpc) is 3.46. The molecular weight excluding hydrogens is 762 g/mol. The van der Waals surface area contributed by atoms with Crippen LogP contribution in [0.1, 0.15) is 59.9 Å². The molecule has 0 radical (unpaired) electrons. The largest absolute Gasteiger partial charge is 0.514 e. The fourth-order valence-corrected chi connectivity index (χ4v) is 5.05. The molecule has 20 heteroatoms. The number of ether oxygens (including phenoxy) is 3. The van der Waals surface area contributed by atoms with Crippen LogP contribution in [-0.4, -0.2) is 94.3 Å². The molecule has 0 fully saturated rings. The second-order valence-corrected chi connectivity index (χ2v) is 14.3. The minimum absolute atomic E-state index is 0.0571. The summed E-state index contributed by atoms with van der Waals surface area (Å²) in [6, 6.07) is 7.73. The molecule has 3 rings (SSSR count). The molecule has 5 N–H and O–H groups in total. The van der Waals surface area contributed by atoms with Gasteiger partial charge in [-0.05, 0) is 69.9 Å². The number of benzene rings is 2. The lowest BCUT2D eigenvalue weighted by Crippen LogP contribution is -2.54. The first-order chi connectivity index (χ1) is 27.2. The summed E-state index contributed by atoms with van der Waals surface area (Å²) in [4.78, 5) is 112. The number of non-ortho nitro benzene ring substituents is 1. The van der Waals surface area contributed by atoms with E-state index in [-0.39, 0.29) is 44.0 Å². The monoisotopic (exact) mass is 809 g/mol. The summed E-state index contributed by atoms with van der Waals surface area (Å²) in [7, 11) is 0. The Morgan fingerprint density at radius 2 is 1.45 bits per heavy atom. The van der Waals surface area contributed by atoms with Crippen LogP contribution in [0.5, 0.6) is 5.75 Å². The van der Waals surface area contributed by atoms with Gasteiger partial charge in [0.25, 0.3) is 17.5 Å². The molecule has 1 heterocycles. The lowest BCUT2D eigenvalue weighted by atomic mass is 10.0. The van der Waals surface area contributed by atoms with Crippen LogP contribution in [0, 0.1) is 16.0 Å². The van der Waals surface area contributed by atoms with Crippen LogP contribution < -0.4 is 31.3 Å². The second-order valence-electron chi connectivity index (χ2n) is 14.3.